The lowest BCUT2D eigenvalue weighted by Crippen LogP contribution is -2.49. The number of hydrogen-bond donors (Lipinski definition) is 2. The Hall–Kier alpha value is -3.22. The van der Waals surface area contributed by atoms with E-state index in [2.05, 4.69) is 25.2 Å². The van der Waals surface area contributed by atoms with Gasteiger partial charge in [0.05, 0.1) is 24.7 Å². The SMILES string of the molecule is O[C@]12CO[C@H](CN1CCCOc1nc(N3CCNCC3)c3cnc(-c4cncc5cccc(Cl)c45)c(F)c3n1)C2. The summed E-state index contributed by atoms with van der Waals surface area (Å²) in [7, 11) is 0. The summed E-state index contributed by atoms with van der Waals surface area (Å²) in [4.78, 5) is 22.2. The second kappa shape index (κ2) is 10.3. The van der Waals surface area contributed by atoms with Crippen LogP contribution in [0.15, 0.2) is 36.8 Å². The molecule has 4 aromatic rings. The molecule has 2 bridgehead atoms. The Bertz CT molecular complexity index is 1580. The van der Waals surface area contributed by atoms with E-state index in [0.717, 1.165) is 18.5 Å². The van der Waals surface area contributed by atoms with Crippen LogP contribution in [-0.4, -0.2) is 94.3 Å². The van der Waals surface area contributed by atoms with Gasteiger partial charge in [0, 0.05) is 85.6 Å². The summed E-state index contributed by atoms with van der Waals surface area (Å²) in [5, 5.41) is 16.5. The fraction of sp³-hybridized carbons (Fsp3) is 0.429. The van der Waals surface area contributed by atoms with Gasteiger partial charge in [-0.05, 0) is 12.5 Å². The van der Waals surface area contributed by atoms with Crippen LogP contribution in [0.3, 0.4) is 0 Å². The predicted octanol–water partition coefficient (Wildman–Crippen LogP) is 3.00. The van der Waals surface area contributed by atoms with E-state index in [1.807, 2.05) is 17.0 Å². The van der Waals surface area contributed by atoms with Gasteiger partial charge in [0.2, 0.25) is 0 Å². The molecule has 3 saturated heterocycles. The van der Waals surface area contributed by atoms with Gasteiger partial charge in [-0.15, -0.1) is 0 Å². The number of fused-ring (bicyclic) bond motifs is 4. The van der Waals surface area contributed by atoms with Crippen molar-refractivity contribution in [2.45, 2.75) is 24.7 Å². The zero-order valence-electron chi connectivity index (χ0n) is 21.8. The molecule has 2 N–H and O–H groups in total. The number of likely N-dealkylation sites (tertiary alicyclic amines) is 1. The molecule has 3 aliphatic heterocycles. The van der Waals surface area contributed by atoms with Gasteiger partial charge in [-0.2, -0.15) is 9.97 Å². The normalized spacial score (nSPS) is 23.0. The number of piperazine rings is 1. The van der Waals surface area contributed by atoms with Crippen LogP contribution in [0.5, 0.6) is 6.01 Å². The maximum absolute atomic E-state index is 16.3. The zero-order valence-corrected chi connectivity index (χ0v) is 22.6. The van der Waals surface area contributed by atoms with Gasteiger partial charge < -0.3 is 24.8 Å². The molecule has 0 spiro atoms. The van der Waals surface area contributed by atoms with E-state index in [0.29, 0.717) is 79.4 Å². The van der Waals surface area contributed by atoms with E-state index in [4.69, 9.17) is 26.1 Å². The number of aliphatic hydroxyl groups is 1. The average Bonchev–Trinajstić information content (AvgIpc) is 3.51. The summed E-state index contributed by atoms with van der Waals surface area (Å²) in [5.74, 6) is 0.0162. The van der Waals surface area contributed by atoms with E-state index < -0.39 is 11.5 Å². The van der Waals surface area contributed by atoms with E-state index >= 15 is 4.39 Å². The number of ether oxygens (including phenoxy) is 2. The van der Waals surface area contributed by atoms with Crippen LogP contribution in [-0.2, 0) is 4.74 Å². The molecule has 3 aromatic heterocycles. The molecule has 1 aromatic carbocycles. The van der Waals surface area contributed by atoms with Crippen molar-refractivity contribution < 1.29 is 19.0 Å². The summed E-state index contributed by atoms with van der Waals surface area (Å²) in [6, 6.07) is 5.59. The van der Waals surface area contributed by atoms with Crippen LogP contribution >= 0.6 is 11.6 Å². The minimum atomic E-state index is -0.883. The number of rotatable bonds is 7. The van der Waals surface area contributed by atoms with Crippen LogP contribution in [0.2, 0.25) is 5.02 Å². The standard InChI is InChI=1S/C28H29ClFN7O3/c29-21-4-1-3-17-12-32-13-19(22(17)21)24-23(30)25-20(14-33-24)26(36-8-5-31-6-9-36)35-27(34-25)39-10-2-7-37-15-18-11-28(37,38)16-40-18/h1,3-4,12-14,18,31,38H,2,5-11,15-16H2/t18-,28+/m0/s1. The third-order valence-corrected chi connectivity index (χ3v) is 8.28. The number of anilines is 1. The van der Waals surface area contributed by atoms with Crippen molar-refractivity contribution in [2.24, 2.45) is 0 Å². The first kappa shape index (κ1) is 25.7. The molecule has 0 saturated carbocycles. The van der Waals surface area contributed by atoms with Gasteiger partial charge in [0.1, 0.15) is 22.8 Å². The first-order valence-electron chi connectivity index (χ1n) is 13.6. The maximum atomic E-state index is 16.3. The fourth-order valence-corrected chi connectivity index (χ4v) is 6.25. The Balaban J connectivity index is 1.22. The van der Waals surface area contributed by atoms with E-state index in [1.54, 1.807) is 24.7 Å². The number of hydrogen-bond acceptors (Lipinski definition) is 10. The topological polar surface area (TPSA) is 109 Å². The summed E-state index contributed by atoms with van der Waals surface area (Å²) < 4.78 is 27.8. The summed E-state index contributed by atoms with van der Waals surface area (Å²) in [5.41, 5.74) is -0.134. The predicted molar refractivity (Wildman–Crippen MR) is 149 cm³/mol. The Morgan fingerprint density at radius 1 is 1.20 bits per heavy atom. The molecule has 3 aliphatic rings. The van der Waals surface area contributed by atoms with Crippen molar-refractivity contribution in [1.82, 2.24) is 30.2 Å². The molecule has 0 amide bonds. The van der Waals surface area contributed by atoms with Crippen LogP contribution in [0.25, 0.3) is 32.9 Å². The number of morpholine rings is 1. The molecule has 3 fully saturated rings. The number of nitrogens with one attached hydrogen (secondary N) is 1. The highest BCUT2D eigenvalue weighted by Gasteiger charge is 2.50. The summed E-state index contributed by atoms with van der Waals surface area (Å²) >= 11 is 6.52. The molecular formula is C28H29ClFN7O3. The Labute approximate surface area is 235 Å². The molecule has 6 heterocycles. The lowest BCUT2D eigenvalue weighted by molar-refractivity contribution is -0.126. The number of benzene rings is 1. The molecule has 0 aliphatic carbocycles. The molecular weight excluding hydrogens is 537 g/mol. The second-order valence-electron chi connectivity index (χ2n) is 10.5. The number of pyridine rings is 2. The van der Waals surface area contributed by atoms with Crippen molar-refractivity contribution in [3.05, 3.63) is 47.6 Å². The number of halogens is 2. The molecule has 208 valence electrons. The lowest BCUT2D eigenvalue weighted by Gasteiger charge is -2.33. The largest absolute Gasteiger partial charge is 0.463 e. The van der Waals surface area contributed by atoms with Crippen molar-refractivity contribution >= 4 is 39.1 Å². The lowest BCUT2D eigenvalue weighted by atomic mass is 10.0. The van der Waals surface area contributed by atoms with Crippen LogP contribution < -0.4 is 15.0 Å². The van der Waals surface area contributed by atoms with E-state index in [-0.39, 0.29) is 23.3 Å². The van der Waals surface area contributed by atoms with Crippen molar-refractivity contribution in [2.75, 3.05) is 57.4 Å². The van der Waals surface area contributed by atoms with Crippen LogP contribution in [0.1, 0.15) is 12.8 Å². The molecule has 40 heavy (non-hydrogen) atoms. The first-order valence-corrected chi connectivity index (χ1v) is 13.9. The third kappa shape index (κ3) is 4.51. The summed E-state index contributed by atoms with van der Waals surface area (Å²) in [6.45, 7) is 5.05. The average molecular weight is 566 g/mol. The smallest absolute Gasteiger partial charge is 0.319 e. The second-order valence-corrected chi connectivity index (χ2v) is 10.9. The van der Waals surface area contributed by atoms with Gasteiger partial charge in [-0.3, -0.25) is 14.9 Å². The Morgan fingerprint density at radius 3 is 2.88 bits per heavy atom. The Kier molecular flexibility index (Phi) is 6.63. The fourth-order valence-electron chi connectivity index (χ4n) is 5.97. The molecule has 0 unspecified atom stereocenters. The monoisotopic (exact) mass is 565 g/mol. The summed E-state index contributed by atoms with van der Waals surface area (Å²) in [6.07, 6.45) is 6.28. The maximum Gasteiger partial charge on any atom is 0.319 e. The minimum absolute atomic E-state index is 0.0916. The van der Waals surface area contributed by atoms with Crippen LogP contribution in [0.4, 0.5) is 10.2 Å². The highest BCUT2D eigenvalue weighted by atomic mass is 35.5. The van der Waals surface area contributed by atoms with Crippen molar-refractivity contribution in [3.63, 3.8) is 0 Å². The van der Waals surface area contributed by atoms with Gasteiger partial charge in [0.15, 0.2) is 5.82 Å². The van der Waals surface area contributed by atoms with Gasteiger partial charge >= 0.3 is 6.01 Å². The first-order chi connectivity index (χ1) is 19.5. The molecule has 0 radical (unpaired) electrons. The van der Waals surface area contributed by atoms with Crippen LogP contribution in [0, 0.1) is 5.82 Å². The quantitative estimate of drug-likeness (QED) is 0.325. The third-order valence-electron chi connectivity index (χ3n) is 7.97. The highest BCUT2D eigenvalue weighted by molar-refractivity contribution is 6.36. The van der Waals surface area contributed by atoms with Gasteiger partial charge in [0.25, 0.3) is 0 Å². The highest BCUT2D eigenvalue weighted by Crippen LogP contribution is 2.37. The molecule has 2 atom stereocenters. The van der Waals surface area contributed by atoms with Gasteiger partial charge in [-0.25, -0.2) is 4.39 Å². The van der Waals surface area contributed by atoms with Crippen molar-refractivity contribution in [3.8, 4) is 17.3 Å². The Morgan fingerprint density at radius 2 is 2.08 bits per heavy atom. The minimum Gasteiger partial charge on any atom is -0.463 e. The number of aromatic nitrogens is 4. The molecule has 10 nitrogen and oxygen atoms in total. The van der Waals surface area contributed by atoms with E-state index in [9.17, 15) is 5.11 Å². The zero-order chi connectivity index (χ0) is 27.3. The molecule has 7 rings (SSSR count). The van der Waals surface area contributed by atoms with Gasteiger partial charge in [-0.1, -0.05) is 23.7 Å². The van der Waals surface area contributed by atoms with E-state index in [1.165, 1.54) is 0 Å². The molecule has 12 heteroatoms. The van der Waals surface area contributed by atoms with Crippen molar-refractivity contribution in [1.29, 1.82) is 0 Å². The number of nitrogens with zero attached hydrogens (tertiary/aromatic N) is 6.